The van der Waals surface area contributed by atoms with Gasteiger partial charge >= 0.3 is 0 Å². The van der Waals surface area contributed by atoms with Gasteiger partial charge in [0.1, 0.15) is 23.2 Å². The van der Waals surface area contributed by atoms with Crippen molar-refractivity contribution in [2.45, 2.75) is 85.5 Å². The molecule has 13 heteroatoms. The van der Waals surface area contributed by atoms with Crippen LogP contribution in [0.4, 0.5) is 5.13 Å². The van der Waals surface area contributed by atoms with Crippen LogP contribution in [-0.2, 0) is 0 Å². The number of para-hydroxylation sites is 1. The van der Waals surface area contributed by atoms with Gasteiger partial charge in [-0.3, -0.25) is 10.4 Å². The van der Waals surface area contributed by atoms with Gasteiger partial charge in [-0.05, 0) is 142 Å². The second-order valence-electron chi connectivity index (χ2n) is 17.7. The Balaban J connectivity index is 0.989. The maximum Gasteiger partial charge on any atom is 0.299 e. The maximum absolute atomic E-state index is 10.6. The molecule has 2 atom stereocenters. The molecule has 8 rings (SSSR count). The smallest absolute Gasteiger partial charge is 0.299 e. The number of aromatic nitrogens is 1. The summed E-state index contributed by atoms with van der Waals surface area (Å²) in [4.78, 5) is 16.3. The van der Waals surface area contributed by atoms with E-state index in [-0.39, 0.29) is 23.6 Å². The van der Waals surface area contributed by atoms with Gasteiger partial charge in [-0.25, -0.2) is 9.98 Å². The zero-order chi connectivity index (χ0) is 39.7. The molecule has 298 valence electrons. The summed E-state index contributed by atoms with van der Waals surface area (Å²) in [7, 11) is 0. The van der Waals surface area contributed by atoms with E-state index in [1.165, 1.54) is 49.6 Å². The van der Waals surface area contributed by atoms with Gasteiger partial charge in [-0.2, -0.15) is 0 Å². The highest BCUT2D eigenvalue weighted by Crippen LogP contribution is 3.06. The third-order valence-electron chi connectivity index (χ3n) is 14.4. The van der Waals surface area contributed by atoms with E-state index in [4.69, 9.17) is 21.6 Å². The Hall–Kier alpha value is -4.46. The first-order valence-corrected chi connectivity index (χ1v) is 20.9. The first-order valence-electron chi connectivity index (χ1n) is 20.1. The van der Waals surface area contributed by atoms with Crippen LogP contribution in [0.3, 0.4) is 0 Å². The van der Waals surface area contributed by atoms with Crippen LogP contribution in [0.1, 0.15) is 85.5 Å². The lowest BCUT2D eigenvalue weighted by atomic mass is 9.00. The molecule has 0 bridgehead atoms. The molecule has 3 heterocycles. The number of likely N-dealkylation sites (tertiary alicyclic amines) is 1. The number of fused-ring (bicyclic) bond motifs is 1. The highest BCUT2D eigenvalue weighted by Gasteiger charge is 3.00. The molecule has 12 nitrogen and oxygen atoms in total. The average Bonchev–Trinajstić information content (AvgIpc) is 3.56. The minimum atomic E-state index is -0.863. The van der Waals surface area contributed by atoms with E-state index in [0.29, 0.717) is 62.6 Å². The summed E-state index contributed by atoms with van der Waals surface area (Å²) in [6.07, 6.45) is 14.9. The zero-order valence-corrected chi connectivity index (χ0v) is 34.0. The van der Waals surface area contributed by atoms with Crippen LogP contribution in [0.25, 0.3) is 10.2 Å². The molecule has 5 fully saturated rings. The number of dihydropyridines is 1. The van der Waals surface area contributed by atoms with E-state index in [2.05, 4.69) is 34.5 Å². The Morgan fingerprint density at radius 1 is 1.07 bits per heavy atom. The van der Waals surface area contributed by atoms with E-state index in [0.717, 1.165) is 66.0 Å². The molecule has 2 aromatic rings. The van der Waals surface area contributed by atoms with Crippen LogP contribution in [0.5, 0.6) is 0 Å². The largest absolute Gasteiger partial charge is 0.480 e. The molecule has 1 aromatic carbocycles. The number of aliphatic hydroxyl groups is 3. The van der Waals surface area contributed by atoms with Crippen LogP contribution in [0.15, 0.2) is 92.4 Å². The number of nitrogens with one attached hydrogen (secondary N) is 3. The van der Waals surface area contributed by atoms with Crippen molar-refractivity contribution in [3.8, 4) is 0 Å². The first-order chi connectivity index (χ1) is 26.8. The van der Waals surface area contributed by atoms with Crippen molar-refractivity contribution in [1.82, 2.24) is 20.5 Å². The second kappa shape index (κ2) is 13.9. The van der Waals surface area contributed by atoms with Crippen LogP contribution in [0.2, 0.25) is 0 Å². The highest BCUT2D eigenvalue weighted by atomic mass is 32.1. The number of allylic oxidation sites excluding steroid dienone is 3. The predicted molar refractivity (Wildman–Crippen MR) is 225 cm³/mol. The number of hydrogen-bond donors (Lipinski definition) is 8. The number of aliphatic hydroxyl groups excluding tert-OH is 2. The highest BCUT2D eigenvalue weighted by molar-refractivity contribution is 7.22. The third-order valence-corrected chi connectivity index (χ3v) is 15.4. The van der Waals surface area contributed by atoms with Crippen molar-refractivity contribution in [1.29, 1.82) is 5.41 Å². The normalized spacial score (nSPS) is 33.2. The van der Waals surface area contributed by atoms with Crippen molar-refractivity contribution in [3.05, 3.63) is 82.4 Å². The Morgan fingerprint density at radius 3 is 2.46 bits per heavy atom. The maximum atomic E-state index is 10.6. The van der Waals surface area contributed by atoms with E-state index < -0.39 is 5.95 Å². The molecule has 0 radical (unpaired) electrons. The van der Waals surface area contributed by atoms with Crippen molar-refractivity contribution >= 4 is 44.1 Å². The van der Waals surface area contributed by atoms with E-state index in [1.807, 2.05) is 55.2 Å². The number of rotatable bonds is 14. The quantitative estimate of drug-likeness (QED) is 0.0431. The standard InChI is InChI=1S/C43H57N9O3S/c1-26(35(45)51-38-49-31-11-5-6-12-32(31)56-38)28-10-7-18-52(36(28)46)33-14-13-29(34(50-33)37(54)55)30(20-44)27(2)48-25-42-23-39(3)21-41(15-8-16-47-17-9-19-53)22-40(4,24-42)43(39,41)42/h5-6,11-14,20,46-47,50,53-55H,7-10,15-19,21-25,44H2,1-4H3,(H2,45,49,51)/b28-26-,30-20+,46-36?,48-27?. The van der Waals surface area contributed by atoms with Crippen molar-refractivity contribution in [2.24, 2.45) is 48.5 Å². The molecule has 1 spiro atoms. The molecular weight excluding hydrogens is 723 g/mol. The summed E-state index contributed by atoms with van der Waals surface area (Å²) < 4.78 is 1.03. The summed E-state index contributed by atoms with van der Waals surface area (Å²) in [5.74, 6) is 0.274. The van der Waals surface area contributed by atoms with E-state index >= 15 is 0 Å². The minimum Gasteiger partial charge on any atom is -0.480 e. The molecule has 2 unspecified atom stereocenters. The SMILES string of the molecule is CC(=NCC12CC3(C)CC4(CCCNCCCO)CC(C)(C1)C342)/C(=C\N)C1=CC=C(N2CCC/C(=C(C)/C(N)=N\c3nc4ccccc4s3)C2=N)NC1=C(O)O. The summed E-state index contributed by atoms with van der Waals surface area (Å²) in [6, 6.07) is 7.86. The third kappa shape index (κ3) is 5.44. The molecule has 4 saturated carbocycles. The fourth-order valence-corrected chi connectivity index (χ4v) is 14.5. The fraction of sp³-hybridized carbons (Fsp3) is 0.535. The van der Waals surface area contributed by atoms with Gasteiger partial charge in [0, 0.05) is 48.3 Å². The summed E-state index contributed by atoms with van der Waals surface area (Å²) in [6.45, 7) is 12.3. The van der Waals surface area contributed by atoms with Crippen LogP contribution < -0.4 is 22.1 Å². The summed E-state index contributed by atoms with van der Waals surface area (Å²) in [5.41, 5.74) is 18.9. The van der Waals surface area contributed by atoms with Gasteiger partial charge in [0.15, 0.2) is 0 Å². The molecule has 1 saturated heterocycles. The monoisotopic (exact) mass is 779 g/mol. The average molecular weight is 780 g/mol. The molecular formula is C43H57N9O3S. The van der Waals surface area contributed by atoms with Gasteiger partial charge in [0.2, 0.25) is 5.13 Å². The summed E-state index contributed by atoms with van der Waals surface area (Å²) in [5, 5.41) is 46.8. The Bertz CT molecular complexity index is 2130. The Morgan fingerprint density at radius 2 is 1.79 bits per heavy atom. The number of nitrogens with two attached hydrogens (primary N) is 2. The number of thiazole rings is 1. The lowest BCUT2D eigenvalue weighted by molar-refractivity contribution is -0.553. The van der Waals surface area contributed by atoms with E-state index in [9.17, 15) is 15.6 Å². The lowest BCUT2D eigenvalue weighted by Gasteiger charge is -3.03. The molecule has 6 aliphatic rings. The second-order valence-corrected chi connectivity index (χ2v) is 18.7. The van der Waals surface area contributed by atoms with Gasteiger partial charge in [-0.1, -0.05) is 37.3 Å². The van der Waals surface area contributed by atoms with Gasteiger partial charge in [0.05, 0.1) is 10.2 Å². The number of benzene rings is 1. The number of nitrogens with zero attached hydrogens (tertiary/aromatic N) is 4. The summed E-state index contributed by atoms with van der Waals surface area (Å²) >= 11 is 1.47. The van der Waals surface area contributed by atoms with Crippen LogP contribution >= 0.6 is 11.3 Å². The molecule has 0 amide bonds. The van der Waals surface area contributed by atoms with Crippen LogP contribution in [0, 0.1) is 32.5 Å². The molecule has 1 aromatic heterocycles. The zero-order valence-electron chi connectivity index (χ0n) is 33.1. The minimum absolute atomic E-state index is 0.111. The topological polar surface area (TPSA) is 201 Å². The molecule has 56 heavy (non-hydrogen) atoms. The van der Waals surface area contributed by atoms with Gasteiger partial charge < -0.3 is 42.3 Å². The molecule has 2 aliphatic heterocycles. The molecule has 10 N–H and O–H groups in total. The number of amidine groups is 2. The van der Waals surface area contributed by atoms with Crippen molar-refractivity contribution in [3.63, 3.8) is 0 Å². The molecule has 4 aliphatic carbocycles. The fourth-order valence-electron chi connectivity index (χ4n) is 13.7. The van der Waals surface area contributed by atoms with Crippen molar-refractivity contribution < 1.29 is 15.3 Å². The number of hydrogen-bond acceptors (Lipinski definition) is 11. The Labute approximate surface area is 333 Å². The first kappa shape index (κ1) is 38.4. The number of piperidine rings is 1. The van der Waals surface area contributed by atoms with Crippen molar-refractivity contribution in [2.75, 3.05) is 32.8 Å². The van der Waals surface area contributed by atoms with Crippen LogP contribution in [-0.4, -0.2) is 75.4 Å². The number of aliphatic imine (C=N–C) groups is 2. The Kier molecular flexibility index (Phi) is 9.52. The lowest BCUT2D eigenvalue weighted by Crippen LogP contribution is -2.98. The predicted octanol–water partition coefficient (Wildman–Crippen LogP) is 6.97. The van der Waals surface area contributed by atoms with Gasteiger partial charge in [0.25, 0.3) is 5.95 Å². The van der Waals surface area contributed by atoms with E-state index in [1.54, 1.807) is 0 Å². The van der Waals surface area contributed by atoms with Gasteiger partial charge in [-0.15, -0.1) is 0 Å².